The van der Waals surface area contributed by atoms with Gasteiger partial charge in [0.15, 0.2) is 5.17 Å². The average Bonchev–Trinajstić information content (AvgIpc) is 3.09. The van der Waals surface area contributed by atoms with Crippen LogP contribution < -0.4 is 5.32 Å². The van der Waals surface area contributed by atoms with Gasteiger partial charge >= 0.3 is 0 Å². The van der Waals surface area contributed by atoms with Crippen molar-refractivity contribution in [2.75, 3.05) is 17.6 Å². The summed E-state index contributed by atoms with van der Waals surface area (Å²) in [6, 6.07) is 2.10. The maximum Gasteiger partial charge on any atom is 0.226 e. The fourth-order valence-corrected chi connectivity index (χ4v) is 8.27. The summed E-state index contributed by atoms with van der Waals surface area (Å²) in [7, 11) is 0. The minimum absolute atomic E-state index is 0. The fraction of sp³-hybridized carbons (Fsp3) is 0.692. The number of nitrogens with one attached hydrogen (secondary N) is 1. The highest BCUT2D eigenvalue weighted by atomic mass is 35.5. The predicted octanol–water partition coefficient (Wildman–Crippen LogP) is 6.57. The lowest BCUT2D eigenvalue weighted by molar-refractivity contribution is -0.116. The Morgan fingerprint density at radius 3 is 2.44 bits per heavy atom. The third-order valence-electron chi connectivity index (χ3n) is 8.19. The zero-order valence-electron chi connectivity index (χ0n) is 20.1. The fourth-order valence-electron chi connectivity index (χ4n) is 6.97. The number of hydrogen-bond acceptors (Lipinski definition) is 3. The molecule has 1 aromatic rings. The summed E-state index contributed by atoms with van der Waals surface area (Å²) in [5, 5.41) is 3.86. The van der Waals surface area contributed by atoms with Gasteiger partial charge in [-0.3, -0.25) is 9.79 Å². The predicted molar refractivity (Wildman–Crippen MR) is 138 cm³/mol. The Labute approximate surface area is 212 Å². The van der Waals surface area contributed by atoms with Crippen molar-refractivity contribution in [3.8, 4) is 0 Å². The van der Waals surface area contributed by atoms with Gasteiger partial charge in [0, 0.05) is 42.1 Å². The molecule has 4 bridgehead atoms. The van der Waals surface area contributed by atoms with E-state index in [1.165, 1.54) is 44.6 Å². The first kappa shape index (κ1) is 25.7. The third-order valence-corrected chi connectivity index (χ3v) is 9.32. The molecule has 0 radical (unpaired) electrons. The van der Waals surface area contributed by atoms with Gasteiger partial charge in [-0.15, -0.1) is 12.4 Å². The summed E-state index contributed by atoms with van der Waals surface area (Å²) < 4.78 is 27.5. The van der Waals surface area contributed by atoms with Gasteiger partial charge in [-0.2, -0.15) is 0 Å². The van der Waals surface area contributed by atoms with Crippen LogP contribution in [0.2, 0.25) is 0 Å². The zero-order chi connectivity index (χ0) is 23.2. The van der Waals surface area contributed by atoms with E-state index in [2.05, 4.69) is 17.1 Å². The van der Waals surface area contributed by atoms with E-state index in [4.69, 9.17) is 4.99 Å². The number of carbonyl (C=O) groups excluding carboxylic acids is 1. The molecule has 8 heteroatoms. The molecular formula is C26H36ClF2N3OS. The molecule has 4 saturated carbocycles. The van der Waals surface area contributed by atoms with Crippen molar-refractivity contribution in [1.29, 1.82) is 0 Å². The third kappa shape index (κ3) is 5.25. The quantitative estimate of drug-likeness (QED) is 0.450. The Morgan fingerprint density at radius 2 is 1.82 bits per heavy atom. The highest BCUT2D eigenvalue weighted by Crippen LogP contribution is 2.57. The number of aliphatic imine (C=N–C) groups is 1. The minimum Gasteiger partial charge on any atom is -0.347 e. The van der Waals surface area contributed by atoms with Gasteiger partial charge in [0.05, 0.1) is 5.54 Å². The van der Waals surface area contributed by atoms with Crippen molar-refractivity contribution >= 4 is 40.9 Å². The van der Waals surface area contributed by atoms with Gasteiger partial charge in [-0.05, 0) is 75.7 Å². The van der Waals surface area contributed by atoms with Crippen LogP contribution >= 0.6 is 24.2 Å². The number of benzene rings is 1. The lowest BCUT2D eigenvalue weighted by Crippen LogP contribution is -2.50. The van der Waals surface area contributed by atoms with Crippen molar-refractivity contribution in [3.05, 3.63) is 29.3 Å². The Bertz CT molecular complexity index is 921. The molecule has 1 aromatic carbocycles. The molecule has 0 aromatic heterocycles. The molecule has 1 saturated heterocycles. The molecule has 5 aliphatic rings. The summed E-state index contributed by atoms with van der Waals surface area (Å²) in [5.41, 5.74) is 0.595. The standard InChI is InChI=1S/C26H35F2N3OS.ClH/c1-3-4-5-31-21(11-24(32)29-23-10-20(27)9-22(28)16(23)2)15-33-25(31)30-26-12-17-6-18(13-26)8-19(7-17)14-26;/h9-10,17-19,21H,3-8,11-15H2,1-2H3,(H,29,32);1H. The van der Waals surface area contributed by atoms with E-state index >= 15 is 0 Å². The lowest BCUT2D eigenvalue weighted by atomic mass is 9.53. The molecule has 0 spiro atoms. The molecule has 34 heavy (non-hydrogen) atoms. The monoisotopic (exact) mass is 511 g/mol. The van der Waals surface area contributed by atoms with Crippen LogP contribution in [0.5, 0.6) is 0 Å². The van der Waals surface area contributed by atoms with Crippen molar-refractivity contribution in [1.82, 2.24) is 4.90 Å². The number of amides is 1. The first-order valence-corrected chi connectivity index (χ1v) is 13.6. The van der Waals surface area contributed by atoms with Crippen LogP contribution in [0, 0.1) is 36.3 Å². The van der Waals surface area contributed by atoms with E-state index in [0.717, 1.165) is 54.1 Å². The highest BCUT2D eigenvalue weighted by molar-refractivity contribution is 8.14. The maximum absolute atomic E-state index is 13.9. The lowest BCUT2D eigenvalue weighted by Gasteiger charge is -2.55. The summed E-state index contributed by atoms with van der Waals surface area (Å²) in [4.78, 5) is 20.7. The molecule has 1 amide bonds. The summed E-state index contributed by atoms with van der Waals surface area (Å²) >= 11 is 1.79. The Morgan fingerprint density at radius 1 is 1.18 bits per heavy atom. The van der Waals surface area contributed by atoms with Gasteiger partial charge in [-0.25, -0.2) is 8.78 Å². The summed E-state index contributed by atoms with van der Waals surface area (Å²) in [6.07, 6.45) is 10.4. The van der Waals surface area contributed by atoms with Crippen LogP contribution in [0.1, 0.15) is 70.3 Å². The SMILES string of the molecule is CCCCN1C(=NC23CC4CC(CC(C4)C2)C3)SCC1CC(=O)Nc1cc(F)cc(F)c1C.Cl. The number of rotatable bonds is 7. The largest absolute Gasteiger partial charge is 0.347 e. The van der Waals surface area contributed by atoms with Gasteiger partial charge in [0.2, 0.25) is 5.91 Å². The van der Waals surface area contributed by atoms with Gasteiger partial charge in [-0.1, -0.05) is 25.1 Å². The normalized spacial score (nSPS) is 32.8. The van der Waals surface area contributed by atoms with Gasteiger partial charge < -0.3 is 10.2 Å². The number of halogens is 3. The number of unbranched alkanes of at least 4 members (excludes halogenated alkanes) is 1. The van der Waals surface area contributed by atoms with E-state index in [1.54, 1.807) is 18.7 Å². The minimum atomic E-state index is -0.681. The highest BCUT2D eigenvalue weighted by Gasteiger charge is 2.51. The van der Waals surface area contributed by atoms with Crippen LogP contribution in [0.15, 0.2) is 17.1 Å². The topological polar surface area (TPSA) is 44.7 Å². The second kappa shape index (κ2) is 10.3. The summed E-state index contributed by atoms with van der Waals surface area (Å²) in [6.45, 7) is 4.64. The van der Waals surface area contributed by atoms with Gasteiger partial charge in [0.1, 0.15) is 11.6 Å². The average molecular weight is 512 g/mol. The van der Waals surface area contributed by atoms with Crippen molar-refractivity contribution in [2.45, 2.75) is 83.2 Å². The molecule has 4 nitrogen and oxygen atoms in total. The molecule has 6 rings (SSSR count). The Kier molecular flexibility index (Phi) is 7.83. The second-order valence-electron chi connectivity index (χ2n) is 10.9. The van der Waals surface area contributed by atoms with Crippen molar-refractivity contribution < 1.29 is 13.6 Å². The molecule has 1 unspecified atom stereocenters. The van der Waals surface area contributed by atoms with Crippen LogP contribution in [0.25, 0.3) is 0 Å². The molecule has 4 aliphatic carbocycles. The smallest absolute Gasteiger partial charge is 0.226 e. The zero-order valence-corrected chi connectivity index (χ0v) is 21.8. The van der Waals surface area contributed by atoms with Crippen molar-refractivity contribution in [3.63, 3.8) is 0 Å². The molecular weight excluding hydrogens is 476 g/mol. The molecule has 1 atom stereocenters. The number of thioether (sulfide) groups is 1. The Balaban J connectivity index is 0.00000274. The number of carbonyl (C=O) groups is 1. The number of nitrogens with zero attached hydrogens (tertiary/aromatic N) is 2. The summed E-state index contributed by atoms with van der Waals surface area (Å²) in [5.74, 6) is 1.87. The van der Waals surface area contributed by atoms with Crippen LogP contribution in [0.4, 0.5) is 14.5 Å². The van der Waals surface area contributed by atoms with Crippen LogP contribution in [-0.4, -0.2) is 39.9 Å². The molecule has 1 heterocycles. The van der Waals surface area contributed by atoms with E-state index < -0.39 is 11.6 Å². The number of hydrogen-bond donors (Lipinski definition) is 1. The maximum atomic E-state index is 13.9. The first-order chi connectivity index (χ1) is 15.8. The van der Waals surface area contributed by atoms with E-state index in [-0.39, 0.29) is 41.1 Å². The second-order valence-corrected chi connectivity index (χ2v) is 11.8. The van der Waals surface area contributed by atoms with E-state index in [0.29, 0.717) is 6.42 Å². The number of amidine groups is 1. The van der Waals surface area contributed by atoms with Crippen molar-refractivity contribution in [2.24, 2.45) is 22.7 Å². The van der Waals surface area contributed by atoms with E-state index in [9.17, 15) is 13.6 Å². The van der Waals surface area contributed by atoms with Crippen LogP contribution in [-0.2, 0) is 4.79 Å². The first-order valence-electron chi connectivity index (χ1n) is 12.6. The molecule has 5 fully saturated rings. The molecule has 1 N–H and O–H groups in total. The number of anilines is 1. The van der Waals surface area contributed by atoms with Gasteiger partial charge in [0.25, 0.3) is 0 Å². The Hall–Kier alpha value is -1.34. The van der Waals surface area contributed by atoms with Crippen LogP contribution in [0.3, 0.4) is 0 Å². The van der Waals surface area contributed by atoms with E-state index in [1.807, 2.05) is 0 Å². The molecule has 188 valence electrons. The molecule has 1 aliphatic heterocycles.